The van der Waals surface area contributed by atoms with Gasteiger partial charge >= 0.3 is 0 Å². The van der Waals surface area contributed by atoms with Crippen molar-refractivity contribution in [1.29, 1.82) is 0 Å². The first-order valence-electron chi connectivity index (χ1n) is 4.01. The summed E-state index contributed by atoms with van der Waals surface area (Å²) < 4.78 is 5.78. The summed E-state index contributed by atoms with van der Waals surface area (Å²) in [6.45, 7) is 2.14. The molecule has 1 aliphatic rings. The summed E-state index contributed by atoms with van der Waals surface area (Å²) in [6, 6.07) is 10.5. The Morgan fingerprint density at radius 1 is 1.42 bits per heavy atom. The molecule has 2 atom stereocenters. The SMILES string of the molecule is C[C@H]1CS[P@@](c2ccccc2)O1. The Labute approximate surface area is 78.1 Å². The van der Waals surface area contributed by atoms with Gasteiger partial charge in [0.1, 0.15) is 7.35 Å². The third-order valence-electron chi connectivity index (χ3n) is 1.67. The van der Waals surface area contributed by atoms with Gasteiger partial charge in [-0.05, 0) is 6.92 Å². The predicted octanol–water partition coefficient (Wildman–Crippen LogP) is 2.78. The van der Waals surface area contributed by atoms with Crippen LogP contribution in [0.1, 0.15) is 6.92 Å². The van der Waals surface area contributed by atoms with Crippen LogP contribution in [-0.4, -0.2) is 11.9 Å². The maximum atomic E-state index is 5.78. The summed E-state index contributed by atoms with van der Waals surface area (Å²) in [4.78, 5) is 0. The Bertz CT molecular complexity index is 252. The van der Waals surface area contributed by atoms with E-state index in [-0.39, 0.29) is 7.35 Å². The van der Waals surface area contributed by atoms with Crippen molar-refractivity contribution in [2.75, 3.05) is 5.75 Å². The zero-order valence-electron chi connectivity index (χ0n) is 6.93. The van der Waals surface area contributed by atoms with Crippen LogP contribution in [0.15, 0.2) is 30.3 Å². The summed E-state index contributed by atoms with van der Waals surface area (Å²) in [5.41, 5.74) is 0. The Morgan fingerprint density at radius 2 is 2.17 bits per heavy atom. The summed E-state index contributed by atoms with van der Waals surface area (Å²) in [5, 5.41) is 1.35. The minimum atomic E-state index is -0.363. The molecule has 0 radical (unpaired) electrons. The van der Waals surface area contributed by atoms with Crippen LogP contribution < -0.4 is 5.30 Å². The van der Waals surface area contributed by atoms with Crippen LogP contribution >= 0.6 is 18.7 Å². The number of hydrogen-bond acceptors (Lipinski definition) is 2. The topological polar surface area (TPSA) is 9.23 Å². The van der Waals surface area contributed by atoms with E-state index in [2.05, 4.69) is 31.2 Å². The standard InChI is InChI=1S/C9H11OPS/c1-8-7-12-11(10-8)9-5-3-2-4-6-9/h2-6,8H,7H2,1H3/t8-,11-/m0/s1. The molecule has 1 heterocycles. The van der Waals surface area contributed by atoms with E-state index in [1.165, 1.54) is 5.30 Å². The van der Waals surface area contributed by atoms with Gasteiger partial charge in [0, 0.05) is 11.1 Å². The van der Waals surface area contributed by atoms with Crippen LogP contribution in [0.5, 0.6) is 0 Å². The molecule has 1 fully saturated rings. The summed E-state index contributed by atoms with van der Waals surface area (Å²) in [7, 11) is -0.363. The molecule has 0 N–H and O–H groups in total. The first-order chi connectivity index (χ1) is 5.86. The van der Waals surface area contributed by atoms with Gasteiger partial charge < -0.3 is 4.52 Å². The average Bonchev–Trinajstić information content (AvgIpc) is 2.54. The second-order valence-electron chi connectivity index (χ2n) is 2.80. The van der Waals surface area contributed by atoms with Crippen molar-refractivity contribution in [3.05, 3.63) is 30.3 Å². The van der Waals surface area contributed by atoms with Crippen molar-refractivity contribution >= 4 is 24.0 Å². The molecule has 1 saturated heterocycles. The Hall–Kier alpha value is -0.0400. The lowest BCUT2D eigenvalue weighted by molar-refractivity contribution is 0.293. The molecule has 0 aromatic heterocycles. The second kappa shape index (κ2) is 3.78. The van der Waals surface area contributed by atoms with E-state index < -0.39 is 0 Å². The maximum absolute atomic E-state index is 5.78. The van der Waals surface area contributed by atoms with Crippen molar-refractivity contribution in [3.8, 4) is 0 Å². The number of hydrogen-bond donors (Lipinski definition) is 0. The molecule has 64 valence electrons. The van der Waals surface area contributed by atoms with E-state index in [4.69, 9.17) is 4.52 Å². The van der Waals surface area contributed by atoms with Crippen LogP contribution in [0.4, 0.5) is 0 Å². The molecule has 0 spiro atoms. The summed E-state index contributed by atoms with van der Waals surface area (Å²) in [6.07, 6.45) is 0.432. The molecule has 0 saturated carbocycles. The van der Waals surface area contributed by atoms with E-state index in [9.17, 15) is 0 Å². The predicted molar refractivity (Wildman–Crippen MR) is 56.0 cm³/mol. The van der Waals surface area contributed by atoms with Gasteiger partial charge in [0.25, 0.3) is 0 Å². The van der Waals surface area contributed by atoms with Crippen molar-refractivity contribution in [3.63, 3.8) is 0 Å². The highest BCUT2D eigenvalue weighted by molar-refractivity contribution is 8.56. The minimum Gasteiger partial charge on any atom is -0.340 e. The van der Waals surface area contributed by atoms with Crippen LogP contribution in [0, 0.1) is 0 Å². The Kier molecular flexibility index (Phi) is 2.69. The summed E-state index contributed by atoms with van der Waals surface area (Å²) >= 11 is 1.95. The highest BCUT2D eigenvalue weighted by Gasteiger charge is 2.23. The fourth-order valence-electron chi connectivity index (χ4n) is 1.08. The molecule has 1 aromatic carbocycles. The largest absolute Gasteiger partial charge is 0.340 e. The lowest BCUT2D eigenvalue weighted by atomic mass is 10.4. The highest BCUT2D eigenvalue weighted by atomic mass is 32.7. The fourth-order valence-corrected chi connectivity index (χ4v) is 5.22. The van der Waals surface area contributed by atoms with E-state index >= 15 is 0 Å². The number of benzene rings is 1. The molecule has 0 aliphatic carbocycles. The average molecular weight is 198 g/mol. The minimum absolute atomic E-state index is 0.363. The lowest BCUT2D eigenvalue weighted by Crippen LogP contribution is -2.01. The van der Waals surface area contributed by atoms with Gasteiger partial charge in [-0.2, -0.15) is 0 Å². The van der Waals surface area contributed by atoms with Crippen molar-refractivity contribution < 1.29 is 4.52 Å². The van der Waals surface area contributed by atoms with Crippen molar-refractivity contribution in [2.45, 2.75) is 13.0 Å². The van der Waals surface area contributed by atoms with Gasteiger partial charge in [-0.1, -0.05) is 41.7 Å². The van der Waals surface area contributed by atoms with Gasteiger partial charge in [0.15, 0.2) is 0 Å². The first-order valence-corrected chi connectivity index (χ1v) is 6.86. The zero-order valence-corrected chi connectivity index (χ0v) is 8.65. The molecular formula is C9H11OPS. The molecule has 1 aromatic rings. The molecule has 1 nitrogen and oxygen atoms in total. The smallest absolute Gasteiger partial charge is 0.121 e. The Morgan fingerprint density at radius 3 is 2.75 bits per heavy atom. The first kappa shape index (κ1) is 8.55. The third kappa shape index (κ3) is 1.82. The quantitative estimate of drug-likeness (QED) is 0.642. The van der Waals surface area contributed by atoms with Crippen LogP contribution in [0.3, 0.4) is 0 Å². The normalized spacial score (nSPS) is 29.1. The summed E-state index contributed by atoms with van der Waals surface area (Å²) in [5.74, 6) is 1.14. The van der Waals surface area contributed by atoms with Gasteiger partial charge in [0.05, 0.1) is 6.10 Å². The van der Waals surface area contributed by atoms with E-state index in [0.717, 1.165) is 5.75 Å². The fraction of sp³-hybridized carbons (Fsp3) is 0.333. The molecule has 3 heteroatoms. The molecule has 0 amide bonds. The van der Waals surface area contributed by atoms with Crippen molar-refractivity contribution in [1.82, 2.24) is 0 Å². The second-order valence-corrected chi connectivity index (χ2v) is 6.41. The molecule has 2 rings (SSSR count). The van der Waals surface area contributed by atoms with Gasteiger partial charge in [-0.25, -0.2) is 0 Å². The van der Waals surface area contributed by atoms with E-state index in [1.54, 1.807) is 0 Å². The lowest BCUT2D eigenvalue weighted by Gasteiger charge is -2.08. The Balaban J connectivity index is 2.11. The van der Waals surface area contributed by atoms with Gasteiger partial charge in [0.2, 0.25) is 0 Å². The molecule has 0 unspecified atom stereocenters. The van der Waals surface area contributed by atoms with Gasteiger partial charge in [-0.15, -0.1) is 0 Å². The molecule has 1 aliphatic heterocycles. The molecule has 12 heavy (non-hydrogen) atoms. The van der Waals surface area contributed by atoms with Crippen LogP contribution in [-0.2, 0) is 4.52 Å². The zero-order chi connectivity index (χ0) is 8.39. The maximum Gasteiger partial charge on any atom is 0.121 e. The van der Waals surface area contributed by atoms with Gasteiger partial charge in [-0.3, -0.25) is 0 Å². The number of rotatable bonds is 1. The highest BCUT2D eigenvalue weighted by Crippen LogP contribution is 2.56. The third-order valence-corrected chi connectivity index (χ3v) is 5.83. The van der Waals surface area contributed by atoms with Crippen molar-refractivity contribution in [2.24, 2.45) is 0 Å². The van der Waals surface area contributed by atoms with E-state index in [0.29, 0.717) is 6.10 Å². The van der Waals surface area contributed by atoms with Crippen LogP contribution in [0.25, 0.3) is 0 Å². The van der Waals surface area contributed by atoms with Crippen LogP contribution in [0.2, 0.25) is 0 Å². The molecule has 0 bridgehead atoms. The van der Waals surface area contributed by atoms with E-state index in [1.807, 2.05) is 17.4 Å². The monoisotopic (exact) mass is 198 g/mol. The molecular weight excluding hydrogens is 187 g/mol.